The number of phenolic OH excluding ortho intramolecular Hbond substituents is 1. The predicted molar refractivity (Wildman–Crippen MR) is 93.4 cm³/mol. The molecule has 1 aliphatic heterocycles. The minimum absolute atomic E-state index is 0.315. The number of para-hydroxylation sites is 1. The van der Waals surface area contributed by atoms with Crippen LogP contribution >= 0.6 is 35.3 Å². The molecular formula is C17H17NOS3. The molecule has 2 nitrogen and oxygen atoms in total. The molecule has 2 fully saturated rings. The third-order valence-corrected chi connectivity index (χ3v) is 8.71. The number of phenols is 1. The first-order chi connectivity index (χ1) is 10.7. The number of benzene rings is 1. The highest BCUT2D eigenvalue weighted by Crippen LogP contribution is 2.64. The normalized spacial score (nSPS) is 35.4. The molecule has 5 unspecified atom stereocenters. The van der Waals surface area contributed by atoms with Gasteiger partial charge in [0.2, 0.25) is 0 Å². The Morgan fingerprint density at radius 2 is 2.00 bits per heavy atom. The summed E-state index contributed by atoms with van der Waals surface area (Å²) < 4.78 is 0.866. The molecule has 3 aliphatic rings. The third-order valence-electron chi connectivity index (χ3n) is 5.74. The van der Waals surface area contributed by atoms with Crippen LogP contribution in [0, 0.1) is 21.7 Å². The first-order valence-electron chi connectivity index (χ1n) is 7.90. The van der Waals surface area contributed by atoms with Gasteiger partial charge in [0.25, 0.3) is 0 Å². The van der Waals surface area contributed by atoms with Crippen LogP contribution in [0.5, 0.6) is 5.75 Å². The summed E-state index contributed by atoms with van der Waals surface area (Å²) in [6, 6.07) is 7.88. The van der Waals surface area contributed by atoms with E-state index < -0.39 is 0 Å². The quantitative estimate of drug-likeness (QED) is 0.699. The minimum atomic E-state index is 0.315. The van der Waals surface area contributed by atoms with Gasteiger partial charge in [-0.2, -0.15) is 0 Å². The Kier molecular flexibility index (Phi) is 3.01. The van der Waals surface area contributed by atoms with Gasteiger partial charge in [0.15, 0.2) is 3.95 Å². The first kappa shape index (κ1) is 13.6. The zero-order valence-corrected chi connectivity index (χ0v) is 14.4. The molecular weight excluding hydrogens is 330 g/mol. The lowest BCUT2D eigenvalue weighted by Gasteiger charge is -2.40. The van der Waals surface area contributed by atoms with Crippen LogP contribution in [0.4, 0.5) is 0 Å². The topological polar surface area (TPSA) is 36.0 Å². The molecule has 2 aliphatic carbocycles. The monoisotopic (exact) mass is 347 g/mol. The molecule has 2 saturated carbocycles. The number of H-pyrrole nitrogens is 1. The number of rotatable bonds is 1. The standard InChI is InChI=1S/C17H17NOS3/c19-11-4-2-1-3-10(11)13-12-8-5-6-9(7-8)14(12)21-16-15(13)22-17(20)18-16/h1-4,8-9,12-14,19H,5-7H2,(H,18,20). The average molecular weight is 348 g/mol. The number of fused-ring (bicyclic) bond motifs is 6. The minimum Gasteiger partial charge on any atom is -0.508 e. The zero-order chi connectivity index (χ0) is 14.8. The number of aromatic amines is 1. The molecule has 2 aromatic rings. The van der Waals surface area contributed by atoms with Crippen molar-refractivity contribution >= 4 is 35.3 Å². The smallest absolute Gasteiger partial charge is 0.159 e. The van der Waals surface area contributed by atoms with E-state index in [1.54, 1.807) is 11.3 Å². The maximum atomic E-state index is 10.4. The van der Waals surface area contributed by atoms with Crippen molar-refractivity contribution in [3.8, 4) is 5.75 Å². The van der Waals surface area contributed by atoms with E-state index in [1.165, 1.54) is 29.2 Å². The molecule has 5 atom stereocenters. The van der Waals surface area contributed by atoms with Crippen molar-refractivity contribution in [2.24, 2.45) is 17.8 Å². The van der Waals surface area contributed by atoms with Crippen molar-refractivity contribution in [1.29, 1.82) is 0 Å². The first-order valence-corrected chi connectivity index (χ1v) is 10.0. The molecule has 2 N–H and O–H groups in total. The molecule has 5 rings (SSSR count). The molecule has 2 bridgehead atoms. The lowest BCUT2D eigenvalue weighted by Crippen LogP contribution is -2.33. The third kappa shape index (κ3) is 1.82. The summed E-state index contributed by atoms with van der Waals surface area (Å²) in [6.07, 6.45) is 4.12. The molecule has 5 heteroatoms. The Morgan fingerprint density at radius 3 is 2.86 bits per heavy atom. The molecule has 22 heavy (non-hydrogen) atoms. The summed E-state index contributed by atoms with van der Waals surface area (Å²) in [6.45, 7) is 0. The molecule has 0 saturated heterocycles. The van der Waals surface area contributed by atoms with E-state index in [4.69, 9.17) is 12.2 Å². The molecule has 0 spiro atoms. The molecule has 1 aromatic heterocycles. The van der Waals surface area contributed by atoms with Gasteiger partial charge in [-0.05, 0) is 55.3 Å². The van der Waals surface area contributed by atoms with Gasteiger partial charge in [0.1, 0.15) is 5.75 Å². The van der Waals surface area contributed by atoms with Gasteiger partial charge in [0.05, 0.1) is 5.03 Å². The Labute approximate surface area is 143 Å². The fourth-order valence-corrected chi connectivity index (χ4v) is 8.28. The fraction of sp³-hybridized carbons (Fsp3) is 0.471. The van der Waals surface area contributed by atoms with E-state index in [0.29, 0.717) is 22.8 Å². The van der Waals surface area contributed by atoms with Crippen LogP contribution in [0.3, 0.4) is 0 Å². The number of aromatic hydroxyl groups is 1. The highest BCUT2D eigenvalue weighted by molar-refractivity contribution is 8.00. The second-order valence-corrected chi connectivity index (χ2v) is 9.64. The van der Waals surface area contributed by atoms with Crippen LogP contribution in [0.15, 0.2) is 29.3 Å². The SMILES string of the molecule is Oc1ccccc1C1c2sc(=S)[nH]c2SC2C3CCC(C3)C12. The second kappa shape index (κ2) is 4.86. The van der Waals surface area contributed by atoms with Crippen LogP contribution in [0.2, 0.25) is 0 Å². The van der Waals surface area contributed by atoms with Crippen molar-refractivity contribution in [2.45, 2.75) is 35.5 Å². The number of hydrogen-bond donors (Lipinski definition) is 2. The Morgan fingerprint density at radius 1 is 1.18 bits per heavy atom. The molecule has 1 aromatic carbocycles. The van der Waals surface area contributed by atoms with Gasteiger partial charge < -0.3 is 10.1 Å². The molecule has 0 radical (unpaired) electrons. The highest BCUT2D eigenvalue weighted by atomic mass is 32.2. The van der Waals surface area contributed by atoms with Crippen molar-refractivity contribution < 1.29 is 5.11 Å². The molecule has 114 valence electrons. The van der Waals surface area contributed by atoms with Crippen molar-refractivity contribution in [3.63, 3.8) is 0 Å². The van der Waals surface area contributed by atoms with Gasteiger partial charge in [-0.1, -0.05) is 18.2 Å². The van der Waals surface area contributed by atoms with E-state index in [-0.39, 0.29) is 0 Å². The summed E-state index contributed by atoms with van der Waals surface area (Å²) in [5, 5.41) is 12.4. The van der Waals surface area contributed by atoms with E-state index in [2.05, 4.69) is 11.1 Å². The van der Waals surface area contributed by atoms with E-state index in [9.17, 15) is 5.11 Å². The highest BCUT2D eigenvalue weighted by Gasteiger charge is 2.54. The second-order valence-electron chi connectivity index (χ2n) is 6.74. The number of thiazole rings is 1. The summed E-state index contributed by atoms with van der Waals surface area (Å²) >= 11 is 9.14. The summed E-state index contributed by atoms with van der Waals surface area (Å²) in [5.74, 6) is 3.08. The van der Waals surface area contributed by atoms with E-state index in [1.807, 2.05) is 30.0 Å². The molecule has 0 amide bonds. The fourth-order valence-electron chi connectivity index (χ4n) is 4.95. The largest absolute Gasteiger partial charge is 0.508 e. The van der Waals surface area contributed by atoms with Gasteiger partial charge in [-0.15, -0.1) is 23.1 Å². The summed E-state index contributed by atoms with van der Waals surface area (Å²) in [4.78, 5) is 4.75. The number of thioether (sulfide) groups is 1. The number of hydrogen-bond acceptors (Lipinski definition) is 4. The lowest BCUT2D eigenvalue weighted by molar-refractivity contribution is 0.303. The summed E-state index contributed by atoms with van der Waals surface area (Å²) in [7, 11) is 0. The van der Waals surface area contributed by atoms with Crippen LogP contribution in [0.25, 0.3) is 0 Å². The van der Waals surface area contributed by atoms with Crippen molar-refractivity contribution in [2.75, 3.05) is 0 Å². The van der Waals surface area contributed by atoms with E-state index in [0.717, 1.165) is 21.4 Å². The van der Waals surface area contributed by atoms with Crippen LogP contribution in [0.1, 0.15) is 35.6 Å². The maximum Gasteiger partial charge on any atom is 0.159 e. The van der Waals surface area contributed by atoms with Gasteiger partial charge in [-0.25, -0.2) is 0 Å². The average Bonchev–Trinajstić information content (AvgIpc) is 3.19. The van der Waals surface area contributed by atoms with Gasteiger partial charge in [0, 0.05) is 21.6 Å². The van der Waals surface area contributed by atoms with Gasteiger partial charge in [-0.3, -0.25) is 0 Å². The van der Waals surface area contributed by atoms with Crippen molar-refractivity contribution in [3.05, 3.63) is 38.7 Å². The Hall–Kier alpha value is -0.780. The Bertz CT molecular complexity index is 795. The van der Waals surface area contributed by atoms with E-state index >= 15 is 0 Å². The van der Waals surface area contributed by atoms with Crippen LogP contribution in [-0.2, 0) is 0 Å². The van der Waals surface area contributed by atoms with Crippen LogP contribution in [-0.4, -0.2) is 15.3 Å². The lowest BCUT2D eigenvalue weighted by atomic mass is 9.74. The number of aromatic nitrogens is 1. The summed E-state index contributed by atoms with van der Waals surface area (Å²) in [5.41, 5.74) is 1.09. The zero-order valence-electron chi connectivity index (χ0n) is 12.0. The maximum absolute atomic E-state index is 10.4. The van der Waals surface area contributed by atoms with Crippen LogP contribution < -0.4 is 0 Å². The Balaban J connectivity index is 1.72. The number of nitrogens with one attached hydrogen (secondary N) is 1. The molecule has 2 heterocycles. The van der Waals surface area contributed by atoms with Crippen molar-refractivity contribution in [1.82, 2.24) is 4.98 Å². The van der Waals surface area contributed by atoms with Gasteiger partial charge >= 0.3 is 0 Å². The predicted octanol–water partition coefficient (Wildman–Crippen LogP) is 5.16.